The maximum atomic E-state index is 13.9. The molecule has 1 unspecified atom stereocenters. The maximum absolute atomic E-state index is 13.9. The normalized spacial score (nSPS) is 19.9. The third-order valence-electron chi connectivity index (χ3n) is 3.63. The molecule has 1 aromatic carbocycles. The number of rotatable bonds is 4. The van der Waals surface area contributed by atoms with Gasteiger partial charge in [-0.1, -0.05) is 6.92 Å². The maximum Gasteiger partial charge on any atom is 0.265 e. The number of halogens is 1. The number of benzene rings is 1. The van der Waals surface area contributed by atoms with E-state index < -0.39 is 5.91 Å². The van der Waals surface area contributed by atoms with E-state index in [2.05, 4.69) is 17.2 Å². The molecule has 1 fully saturated rings. The van der Waals surface area contributed by atoms with Crippen LogP contribution in [0.25, 0.3) is 0 Å². The average Bonchev–Trinajstić information content (AvgIpc) is 2.49. The van der Waals surface area contributed by atoms with E-state index in [4.69, 9.17) is 10.6 Å². The second-order valence-corrected chi connectivity index (χ2v) is 4.89. The van der Waals surface area contributed by atoms with Gasteiger partial charge in [-0.25, -0.2) is 10.2 Å². The number of hydrogen-bond acceptors (Lipinski definition) is 4. The molecule has 6 heteroatoms. The summed E-state index contributed by atoms with van der Waals surface area (Å²) < 4.78 is 19.3. The zero-order valence-electron chi connectivity index (χ0n) is 11.6. The number of carbonyl (C=O) groups excluding carboxylic acids is 1. The van der Waals surface area contributed by atoms with Gasteiger partial charge in [0.15, 0.2) is 0 Å². The van der Waals surface area contributed by atoms with Crippen LogP contribution in [0.1, 0.15) is 29.3 Å². The predicted molar refractivity (Wildman–Crippen MR) is 73.4 cm³/mol. The molecule has 0 bridgehead atoms. The summed E-state index contributed by atoms with van der Waals surface area (Å²) >= 11 is 0. The second-order valence-electron chi connectivity index (χ2n) is 4.89. The third-order valence-corrected chi connectivity index (χ3v) is 3.63. The third kappa shape index (κ3) is 3.33. The molecule has 0 radical (unpaired) electrons. The predicted octanol–water partition coefficient (Wildman–Crippen LogP) is 1.04. The highest BCUT2D eigenvalue weighted by Gasteiger charge is 2.22. The number of nitrogens with two attached hydrogens (primary N) is 1. The van der Waals surface area contributed by atoms with Gasteiger partial charge in [-0.3, -0.25) is 15.1 Å². The van der Waals surface area contributed by atoms with Gasteiger partial charge in [0.25, 0.3) is 5.91 Å². The lowest BCUT2D eigenvalue weighted by Gasteiger charge is -2.35. The Morgan fingerprint density at radius 2 is 2.40 bits per heavy atom. The van der Waals surface area contributed by atoms with Crippen LogP contribution in [-0.4, -0.2) is 36.6 Å². The second kappa shape index (κ2) is 6.78. The van der Waals surface area contributed by atoms with E-state index in [0.29, 0.717) is 30.9 Å². The number of hydrazine groups is 1. The van der Waals surface area contributed by atoms with E-state index in [-0.39, 0.29) is 11.9 Å². The van der Waals surface area contributed by atoms with Gasteiger partial charge >= 0.3 is 0 Å². The quantitative estimate of drug-likeness (QED) is 0.491. The molecule has 20 heavy (non-hydrogen) atoms. The van der Waals surface area contributed by atoms with Crippen LogP contribution in [-0.2, 0) is 11.3 Å². The molecule has 0 aromatic heterocycles. The Bertz CT molecular complexity index is 481. The van der Waals surface area contributed by atoms with Crippen LogP contribution < -0.4 is 11.3 Å². The molecule has 1 aromatic rings. The van der Waals surface area contributed by atoms with Gasteiger partial charge in [-0.05, 0) is 24.6 Å². The Morgan fingerprint density at radius 3 is 3.10 bits per heavy atom. The van der Waals surface area contributed by atoms with E-state index >= 15 is 0 Å². The summed E-state index contributed by atoms with van der Waals surface area (Å²) in [6.07, 6.45) is 0.949. The number of ether oxygens (including phenoxy) is 1. The molecule has 5 nitrogen and oxygen atoms in total. The first-order valence-corrected chi connectivity index (χ1v) is 6.76. The largest absolute Gasteiger partial charge is 0.378 e. The van der Waals surface area contributed by atoms with Crippen molar-refractivity contribution < 1.29 is 13.9 Å². The SMILES string of the molecule is CCC1COCCN1Cc1cc(C(=O)NN)ccc1F. The van der Waals surface area contributed by atoms with Crippen molar-refractivity contribution >= 4 is 5.91 Å². The Morgan fingerprint density at radius 1 is 1.60 bits per heavy atom. The fourth-order valence-corrected chi connectivity index (χ4v) is 2.41. The Kier molecular flexibility index (Phi) is 5.05. The van der Waals surface area contributed by atoms with E-state index in [1.807, 2.05) is 0 Å². The number of morpholine rings is 1. The van der Waals surface area contributed by atoms with Crippen molar-refractivity contribution in [2.45, 2.75) is 25.9 Å². The molecule has 110 valence electrons. The Hall–Kier alpha value is -1.50. The van der Waals surface area contributed by atoms with E-state index in [1.165, 1.54) is 12.1 Å². The van der Waals surface area contributed by atoms with Crippen molar-refractivity contribution in [1.82, 2.24) is 10.3 Å². The summed E-state index contributed by atoms with van der Waals surface area (Å²) in [6.45, 7) is 4.65. The Balaban J connectivity index is 2.17. The standard InChI is InChI=1S/C14H20FN3O2/c1-2-12-9-20-6-5-18(12)8-11-7-10(14(19)17-16)3-4-13(11)15/h3-4,7,12H,2,5-6,8-9,16H2,1H3,(H,17,19). The zero-order valence-corrected chi connectivity index (χ0v) is 11.6. The molecular formula is C14H20FN3O2. The number of nitrogens with zero attached hydrogens (tertiary/aromatic N) is 1. The molecule has 1 aliphatic heterocycles. The van der Waals surface area contributed by atoms with E-state index in [0.717, 1.165) is 13.0 Å². The van der Waals surface area contributed by atoms with Crippen LogP contribution in [0, 0.1) is 5.82 Å². The summed E-state index contributed by atoms with van der Waals surface area (Å²) in [6, 6.07) is 4.58. The molecule has 0 saturated carbocycles. The molecule has 1 heterocycles. The minimum atomic E-state index is -0.416. The van der Waals surface area contributed by atoms with Gasteiger partial charge in [0.2, 0.25) is 0 Å². The van der Waals surface area contributed by atoms with Crippen molar-refractivity contribution in [3.8, 4) is 0 Å². The fraction of sp³-hybridized carbons (Fsp3) is 0.500. The minimum Gasteiger partial charge on any atom is -0.378 e. The van der Waals surface area contributed by atoms with E-state index in [1.54, 1.807) is 6.07 Å². The van der Waals surface area contributed by atoms with Crippen LogP contribution in [0.2, 0.25) is 0 Å². The first-order chi connectivity index (χ1) is 9.65. The first-order valence-electron chi connectivity index (χ1n) is 6.76. The smallest absolute Gasteiger partial charge is 0.265 e. The van der Waals surface area contributed by atoms with Crippen molar-refractivity contribution in [3.05, 3.63) is 35.1 Å². The van der Waals surface area contributed by atoms with Gasteiger partial charge in [-0.2, -0.15) is 0 Å². The zero-order chi connectivity index (χ0) is 14.5. The van der Waals surface area contributed by atoms with Crippen LogP contribution in [0.3, 0.4) is 0 Å². The van der Waals surface area contributed by atoms with Crippen LogP contribution in [0.5, 0.6) is 0 Å². The van der Waals surface area contributed by atoms with Crippen LogP contribution in [0.15, 0.2) is 18.2 Å². The number of hydrogen-bond donors (Lipinski definition) is 2. The van der Waals surface area contributed by atoms with Crippen molar-refractivity contribution in [2.24, 2.45) is 5.84 Å². The highest BCUT2D eigenvalue weighted by Crippen LogP contribution is 2.18. The number of amides is 1. The van der Waals surface area contributed by atoms with Gasteiger partial charge in [0.05, 0.1) is 13.2 Å². The van der Waals surface area contributed by atoms with Crippen LogP contribution in [0.4, 0.5) is 4.39 Å². The Labute approximate surface area is 117 Å². The van der Waals surface area contributed by atoms with Crippen molar-refractivity contribution in [3.63, 3.8) is 0 Å². The molecule has 1 atom stereocenters. The molecule has 0 spiro atoms. The molecule has 0 aliphatic carbocycles. The van der Waals surface area contributed by atoms with Gasteiger partial charge < -0.3 is 4.74 Å². The number of nitrogens with one attached hydrogen (secondary N) is 1. The lowest BCUT2D eigenvalue weighted by Crippen LogP contribution is -2.44. The lowest BCUT2D eigenvalue weighted by molar-refractivity contribution is -0.0131. The topological polar surface area (TPSA) is 67.6 Å². The highest BCUT2D eigenvalue weighted by molar-refractivity contribution is 5.93. The van der Waals surface area contributed by atoms with Crippen molar-refractivity contribution in [1.29, 1.82) is 0 Å². The molecule has 2 rings (SSSR count). The average molecular weight is 281 g/mol. The minimum absolute atomic E-state index is 0.287. The molecule has 1 saturated heterocycles. The highest BCUT2D eigenvalue weighted by atomic mass is 19.1. The van der Waals surface area contributed by atoms with Gasteiger partial charge in [0, 0.05) is 30.3 Å². The summed E-state index contributed by atoms with van der Waals surface area (Å²) in [4.78, 5) is 13.7. The lowest BCUT2D eigenvalue weighted by atomic mass is 10.1. The van der Waals surface area contributed by atoms with Gasteiger partial charge in [0.1, 0.15) is 5.82 Å². The monoisotopic (exact) mass is 281 g/mol. The number of nitrogen functional groups attached to an aromatic ring is 1. The molecule has 1 amide bonds. The number of carbonyl (C=O) groups is 1. The summed E-state index contributed by atoms with van der Waals surface area (Å²) in [7, 11) is 0. The molecule has 1 aliphatic rings. The fourth-order valence-electron chi connectivity index (χ4n) is 2.41. The molecule has 3 N–H and O–H groups in total. The van der Waals surface area contributed by atoms with E-state index in [9.17, 15) is 9.18 Å². The summed E-state index contributed by atoms with van der Waals surface area (Å²) in [5.41, 5.74) is 2.93. The van der Waals surface area contributed by atoms with Gasteiger partial charge in [-0.15, -0.1) is 0 Å². The summed E-state index contributed by atoms with van der Waals surface area (Å²) in [5, 5.41) is 0. The first kappa shape index (κ1) is 14.9. The molecular weight excluding hydrogens is 261 g/mol. The van der Waals surface area contributed by atoms with Crippen molar-refractivity contribution in [2.75, 3.05) is 19.8 Å². The van der Waals surface area contributed by atoms with Crippen LogP contribution >= 0.6 is 0 Å². The summed E-state index contributed by atoms with van der Waals surface area (Å²) in [5.74, 6) is 4.38.